The number of anilines is 1. The Morgan fingerprint density at radius 1 is 1.00 bits per heavy atom. The fourth-order valence-electron chi connectivity index (χ4n) is 1.78. The Morgan fingerprint density at radius 3 is 2.30 bits per heavy atom. The van der Waals surface area contributed by atoms with Crippen molar-refractivity contribution in [2.75, 3.05) is 11.6 Å². The van der Waals surface area contributed by atoms with E-state index in [1.807, 2.05) is 41.4 Å². The maximum Gasteiger partial charge on any atom is 0.230 e. The van der Waals surface area contributed by atoms with E-state index in [0.717, 1.165) is 16.1 Å². The number of aliphatic imine (C=N–C) groups is 1. The van der Waals surface area contributed by atoms with E-state index in [1.54, 1.807) is 18.6 Å². The summed E-state index contributed by atoms with van der Waals surface area (Å²) >= 11 is 5.87. The third-order valence-corrected chi connectivity index (χ3v) is 3.02. The zero-order valence-corrected chi connectivity index (χ0v) is 12.1. The molecule has 0 amide bonds. The van der Waals surface area contributed by atoms with Gasteiger partial charge < -0.3 is 0 Å². The van der Waals surface area contributed by atoms with Gasteiger partial charge in [0.15, 0.2) is 0 Å². The van der Waals surface area contributed by atoms with Crippen LogP contribution in [0.3, 0.4) is 0 Å². The second-order valence-electron chi connectivity index (χ2n) is 4.06. The fourth-order valence-corrected chi connectivity index (χ4v) is 1.90. The van der Waals surface area contributed by atoms with Crippen molar-refractivity contribution in [3.63, 3.8) is 0 Å². The summed E-state index contributed by atoms with van der Waals surface area (Å²) in [6, 6.07) is 7.61. The molecular weight excluding hydrogens is 295 g/mol. The predicted molar refractivity (Wildman–Crippen MR) is 84.7 cm³/mol. The molecule has 1 aromatic carbocycles. The quantitative estimate of drug-likeness (QED) is 0.851. The fraction of sp³-hybridized carbons (Fsp3) is 0.0714. The number of rotatable bonds is 2. The van der Waals surface area contributed by atoms with Gasteiger partial charge in [0.1, 0.15) is 6.67 Å². The minimum absolute atomic E-state index is 0. The van der Waals surface area contributed by atoms with Crippen LogP contribution in [0, 0.1) is 0 Å². The van der Waals surface area contributed by atoms with Gasteiger partial charge >= 0.3 is 0 Å². The Bertz CT molecular complexity index is 621. The Labute approximate surface area is 128 Å². The Balaban J connectivity index is 0.00000147. The molecule has 20 heavy (non-hydrogen) atoms. The van der Waals surface area contributed by atoms with E-state index >= 15 is 0 Å². The molecule has 2 aromatic rings. The lowest BCUT2D eigenvalue weighted by Gasteiger charge is -2.17. The highest BCUT2D eigenvalue weighted by molar-refractivity contribution is 6.30. The van der Waals surface area contributed by atoms with Gasteiger partial charge in [-0.15, -0.1) is 12.4 Å². The largest absolute Gasteiger partial charge is 0.297 e. The summed E-state index contributed by atoms with van der Waals surface area (Å²) in [5.41, 5.74) is 2.01. The van der Waals surface area contributed by atoms with Gasteiger partial charge in [-0.1, -0.05) is 23.7 Å². The maximum atomic E-state index is 5.87. The van der Waals surface area contributed by atoms with E-state index in [1.165, 1.54) is 0 Å². The average molecular weight is 307 g/mol. The minimum atomic E-state index is 0. The molecule has 3 rings (SSSR count). The van der Waals surface area contributed by atoms with Gasteiger partial charge in [0.05, 0.1) is 0 Å². The molecule has 0 saturated carbocycles. The SMILES string of the molecule is Cl.Clc1ccc(-c2cnc(N3C=CC=NC3)nc2)cc1. The molecule has 2 heterocycles. The molecule has 1 aromatic heterocycles. The molecule has 0 atom stereocenters. The van der Waals surface area contributed by atoms with Gasteiger partial charge in [0.2, 0.25) is 5.95 Å². The highest BCUT2D eigenvalue weighted by atomic mass is 35.5. The zero-order chi connectivity index (χ0) is 13.1. The van der Waals surface area contributed by atoms with Crippen LogP contribution in [0.1, 0.15) is 0 Å². The van der Waals surface area contributed by atoms with Crippen molar-refractivity contribution < 1.29 is 0 Å². The minimum Gasteiger partial charge on any atom is -0.297 e. The maximum absolute atomic E-state index is 5.87. The van der Waals surface area contributed by atoms with Gasteiger partial charge in [-0.3, -0.25) is 9.89 Å². The van der Waals surface area contributed by atoms with E-state index in [2.05, 4.69) is 15.0 Å². The number of hydrogen-bond donors (Lipinski definition) is 0. The highest BCUT2D eigenvalue weighted by Gasteiger charge is 2.07. The second-order valence-corrected chi connectivity index (χ2v) is 4.50. The third-order valence-electron chi connectivity index (χ3n) is 2.76. The van der Waals surface area contributed by atoms with Crippen molar-refractivity contribution in [2.24, 2.45) is 4.99 Å². The molecule has 0 fully saturated rings. The lowest BCUT2D eigenvalue weighted by Crippen LogP contribution is -2.20. The Kier molecular flexibility index (Phi) is 4.71. The first-order chi connectivity index (χ1) is 9.33. The number of allylic oxidation sites excluding steroid dienone is 1. The van der Waals surface area contributed by atoms with Crippen LogP contribution in [-0.2, 0) is 0 Å². The molecule has 0 N–H and O–H groups in total. The number of nitrogens with zero attached hydrogens (tertiary/aromatic N) is 4. The van der Waals surface area contributed by atoms with Crippen molar-refractivity contribution in [1.82, 2.24) is 9.97 Å². The highest BCUT2D eigenvalue weighted by Crippen LogP contribution is 2.21. The average Bonchev–Trinajstić information content (AvgIpc) is 2.49. The third kappa shape index (κ3) is 3.15. The van der Waals surface area contributed by atoms with Crippen LogP contribution in [0.5, 0.6) is 0 Å². The molecule has 4 nitrogen and oxygen atoms in total. The topological polar surface area (TPSA) is 41.4 Å². The molecule has 1 aliphatic heterocycles. The standard InChI is InChI=1S/C14H11ClN4.ClH/c15-13-4-2-11(3-5-13)12-8-17-14(18-9-12)19-7-1-6-16-10-19;/h1-9H,10H2;1H. The molecular formula is C14H12Cl2N4. The molecule has 0 radical (unpaired) electrons. The first kappa shape index (κ1) is 14.5. The summed E-state index contributed by atoms with van der Waals surface area (Å²) in [6.45, 7) is 0.552. The summed E-state index contributed by atoms with van der Waals surface area (Å²) in [7, 11) is 0. The van der Waals surface area contributed by atoms with E-state index < -0.39 is 0 Å². The lowest BCUT2D eigenvalue weighted by molar-refractivity contribution is 0.910. The van der Waals surface area contributed by atoms with Crippen LogP contribution < -0.4 is 4.90 Å². The summed E-state index contributed by atoms with van der Waals surface area (Å²) in [5.74, 6) is 0.644. The molecule has 6 heteroatoms. The summed E-state index contributed by atoms with van der Waals surface area (Å²) < 4.78 is 0. The van der Waals surface area contributed by atoms with Crippen LogP contribution in [0.15, 0.2) is 53.9 Å². The lowest BCUT2D eigenvalue weighted by atomic mass is 10.1. The monoisotopic (exact) mass is 306 g/mol. The van der Waals surface area contributed by atoms with E-state index in [0.29, 0.717) is 12.6 Å². The van der Waals surface area contributed by atoms with E-state index in [4.69, 9.17) is 11.6 Å². The number of hydrogen-bond acceptors (Lipinski definition) is 4. The van der Waals surface area contributed by atoms with Gasteiger partial charge in [0, 0.05) is 35.4 Å². The summed E-state index contributed by atoms with van der Waals surface area (Å²) in [4.78, 5) is 14.7. The molecule has 0 unspecified atom stereocenters. The predicted octanol–water partition coefficient (Wildman–Crippen LogP) is 3.58. The van der Waals surface area contributed by atoms with Gasteiger partial charge in [-0.25, -0.2) is 9.97 Å². The first-order valence-electron chi connectivity index (χ1n) is 5.84. The van der Waals surface area contributed by atoms with E-state index in [-0.39, 0.29) is 12.4 Å². The molecule has 0 spiro atoms. The van der Waals surface area contributed by atoms with Crippen LogP contribution in [-0.4, -0.2) is 22.9 Å². The summed E-state index contributed by atoms with van der Waals surface area (Å²) in [6.07, 6.45) is 9.14. The molecule has 1 aliphatic rings. The van der Waals surface area contributed by atoms with Gasteiger partial charge in [-0.05, 0) is 23.8 Å². The normalized spacial score (nSPS) is 13.2. The zero-order valence-electron chi connectivity index (χ0n) is 10.5. The molecule has 0 saturated heterocycles. The molecule has 102 valence electrons. The smallest absolute Gasteiger partial charge is 0.230 e. The van der Waals surface area contributed by atoms with Crippen LogP contribution >= 0.6 is 24.0 Å². The van der Waals surface area contributed by atoms with Gasteiger partial charge in [0.25, 0.3) is 0 Å². The second kappa shape index (κ2) is 6.50. The van der Waals surface area contributed by atoms with Gasteiger partial charge in [-0.2, -0.15) is 0 Å². The number of aromatic nitrogens is 2. The Morgan fingerprint density at radius 2 is 1.70 bits per heavy atom. The number of halogens is 2. The van der Waals surface area contributed by atoms with Crippen molar-refractivity contribution in [1.29, 1.82) is 0 Å². The van der Waals surface area contributed by atoms with Crippen molar-refractivity contribution in [3.05, 3.63) is 54.0 Å². The van der Waals surface area contributed by atoms with E-state index in [9.17, 15) is 0 Å². The van der Waals surface area contributed by atoms with Crippen molar-refractivity contribution >= 4 is 36.2 Å². The first-order valence-corrected chi connectivity index (χ1v) is 6.22. The summed E-state index contributed by atoms with van der Waals surface area (Å²) in [5, 5.41) is 0.720. The molecule has 0 aliphatic carbocycles. The number of benzene rings is 1. The van der Waals surface area contributed by atoms with Crippen molar-refractivity contribution in [3.8, 4) is 11.1 Å². The Hall–Kier alpha value is -1.91. The van der Waals surface area contributed by atoms with Crippen molar-refractivity contribution in [2.45, 2.75) is 0 Å². The van der Waals surface area contributed by atoms with Crippen LogP contribution in [0.4, 0.5) is 5.95 Å². The molecule has 0 bridgehead atoms. The van der Waals surface area contributed by atoms with Crippen LogP contribution in [0.25, 0.3) is 11.1 Å². The van der Waals surface area contributed by atoms with Crippen LogP contribution in [0.2, 0.25) is 5.02 Å².